The Kier molecular flexibility index (Phi) is 10.2. The zero-order chi connectivity index (χ0) is 13.1. The van der Waals surface area contributed by atoms with Gasteiger partial charge >= 0.3 is 0 Å². The molecule has 0 fully saturated rings. The standard InChI is InChI=1S/C14H33NSi2/c1-6-17(7-2,8-3)12-10-15-9-11-16-13-14(4)5/h13,15H,6-12,16H2,1-5H3. The fraction of sp³-hybridized carbons (Fsp3) is 0.857. The molecule has 0 atom stereocenters. The van der Waals surface area contributed by atoms with Crippen LogP contribution in [0.3, 0.4) is 0 Å². The molecular weight excluding hydrogens is 238 g/mol. The van der Waals surface area contributed by atoms with Crippen LogP contribution in [0.5, 0.6) is 0 Å². The molecule has 0 unspecified atom stereocenters. The summed E-state index contributed by atoms with van der Waals surface area (Å²) in [7, 11) is -0.794. The van der Waals surface area contributed by atoms with E-state index in [-0.39, 0.29) is 9.52 Å². The third kappa shape index (κ3) is 7.95. The van der Waals surface area contributed by atoms with Gasteiger partial charge in [0.15, 0.2) is 0 Å². The molecule has 0 aliphatic rings. The highest BCUT2D eigenvalue weighted by atomic mass is 28.3. The molecule has 0 saturated heterocycles. The normalized spacial score (nSPS) is 12.3. The Morgan fingerprint density at radius 2 is 1.65 bits per heavy atom. The summed E-state index contributed by atoms with van der Waals surface area (Å²) >= 11 is 0. The van der Waals surface area contributed by atoms with E-state index in [1.165, 1.54) is 48.9 Å². The van der Waals surface area contributed by atoms with E-state index < -0.39 is 8.07 Å². The molecule has 0 amide bonds. The predicted molar refractivity (Wildman–Crippen MR) is 87.7 cm³/mol. The van der Waals surface area contributed by atoms with Gasteiger partial charge < -0.3 is 5.32 Å². The van der Waals surface area contributed by atoms with Crippen molar-refractivity contribution >= 4 is 17.6 Å². The highest BCUT2D eigenvalue weighted by molar-refractivity contribution is 6.79. The number of hydrogen-bond donors (Lipinski definition) is 1. The van der Waals surface area contributed by atoms with Crippen LogP contribution >= 0.6 is 0 Å². The van der Waals surface area contributed by atoms with E-state index in [4.69, 9.17) is 0 Å². The first kappa shape index (κ1) is 17.1. The molecular formula is C14H33NSi2. The molecule has 17 heavy (non-hydrogen) atoms. The molecule has 102 valence electrons. The van der Waals surface area contributed by atoms with Gasteiger partial charge in [0.25, 0.3) is 0 Å². The summed E-state index contributed by atoms with van der Waals surface area (Å²) in [6, 6.07) is 7.31. The van der Waals surface area contributed by atoms with Crippen molar-refractivity contribution in [3.63, 3.8) is 0 Å². The fourth-order valence-electron chi connectivity index (χ4n) is 2.38. The highest BCUT2D eigenvalue weighted by Crippen LogP contribution is 2.24. The van der Waals surface area contributed by atoms with Crippen molar-refractivity contribution in [1.82, 2.24) is 5.32 Å². The van der Waals surface area contributed by atoms with Gasteiger partial charge in [-0.05, 0) is 39.0 Å². The molecule has 0 aromatic rings. The molecule has 0 bridgehead atoms. The topological polar surface area (TPSA) is 12.0 Å². The Labute approximate surface area is 112 Å². The quantitative estimate of drug-likeness (QED) is 0.473. The molecule has 0 spiro atoms. The maximum absolute atomic E-state index is 3.66. The summed E-state index contributed by atoms with van der Waals surface area (Å²) in [5.41, 5.74) is 3.98. The van der Waals surface area contributed by atoms with Crippen molar-refractivity contribution in [3.05, 3.63) is 11.3 Å². The first-order valence-electron chi connectivity index (χ1n) is 7.44. The lowest BCUT2D eigenvalue weighted by molar-refractivity contribution is 0.748. The maximum atomic E-state index is 3.66. The second kappa shape index (κ2) is 10.1. The van der Waals surface area contributed by atoms with Gasteiger partial charge in [-0.2, -0.15) is 0 Å². The van der Waals surface area contributed by atoms with Crippen LogP contribution in [0.4, 0.5) is 0 Å². The fourth-order valence-corrected chi connectivity index (χ4v) is 6.88. The molecule has 3 heteroatoms. The maximum Gasteiger partial charge on any atom is 0.0540 e. The molecule has 0 heterocycles. The van der Waals surface area contributed by atoms with Crippen LogP contribution in [-0.2, 0) is 0 Å². The molecule has 1 nitrogen and oxygen atoms in total. The summed E-state index contributed by atoms with van der Waals surface area (Å²) in [6.07, 6.45) is 0. The first-order valence-corrected chi connectivity index (χ1v) is 12.1. The minimum Gasteiger partial charge on any atom is -0.317 e. The lowest BCUT2D eigenvalue weighted by atomic mass is 10.4. The van der Waals surface area contributed by atoms with Crippen LogP contribution in [0, 0.1) is 0 Å². The van der Waals surface area contributed by atoms with Crippen LogP contribution in [0.15, 0.2) is 11.3 Å². The van der Waals surface area contributed by atoms with Crippen molar-refractivity contribution in [1.29, 1.82) is 0 Å². The zero-order valence-corrected chi connectivity index (χ0v) is 15.1. The van der Waals surface area contributed by atoms with Crippen molar-refractivity contribution in [3.8, 4) is 0 Å². The van der Waals surface area contributed by atoms with Gasteiger partial charge in [-0.3, -0.25) is 0 Å². The smallest absolute Gasteiger partial charge is 0.0540 e. The molecule has 0 rings (SSSR count). The van der Waals surface area contributed by atoms with Crippen molar-refractivity contribution in [2.75, 3.05) is 13.1 Å². The van der Waals surface area contributed by atoms with Crippen LogP contribution in [0.1, 0.15) is 34.6 Å². The van der Waals surface area contributed by atoms with Crippen LogP contribution in [0.2, 0.25) is 30.2 Å². The van der Waals surface area contributed by atoms with Gasteiger partial charge in [-0.1, -0.05) is 44.5 Å². The third-order valence-corrected chi connectivity index (χ3v) is 11.9. The van der Waals surface area contributed by atoms with Gasteiger partial charge in [-0.15, -0.1) is 5.70 Å². The third-order valence-electron chi connectivity index (χ3n) is 4.19. The summed E-state index contributed by atoms with van der Waals surface area (Å²) in [5, 5.41) is 3.66. The molecule has 0 aliphatic heterocycles. The van der Waals surface area contributed by atoms with Crippen molar-refractivity contribution < 1.29 is 0 Å². The lowest BCUT2D eigenvalue weighted by Crippen LogP contribution is -2.35. The molecule has 0 saturated carbocycles. The second-order valence-electron chi connectivity index (χ2n) is 5.48. The van der Waals surface area contributed by atoms with Gasteiger partial charge in [-0.25, -0.2) is 0 Å². The molecule has 0 aromatic carbocycles. The van der Waals surface area contributed by atoms with Crippen LogP contribution < -0.4 is 5.32 Å². The molecule has 0 radical (unpaired) electrons. The SMILES string of the molecule is CC[Si](CC)(CC)CCNCC[SiH2]C=C(C)C. The van der Waals surface area contributed by atoms with E-state index in [1.54, 1.807) is 0 Å². The Hall–Kier alpha value is 0.134. The summed E-state index contributed by atoms with van der Waals surface area (Å²) in [5.74, 6) is 0. The lowest BCUT2D eigenvalue weighted by Gasteiger charge is -2.28. The number of hydrogen-bond acceptors (Lipinski definition) is 1. The highest BCUT2D eigenvalue weighted by Gasteiger charge is 2.25. The minimum absolute atomic E-state index is 0.0728. The molecule has 1 N–H and O–H groups in total. The number of rotatable bonds is 10. The average Bonchev–Trinajstić information content (AvgIpc) is 2.33. The second-order valence-corrected chi connectivity index (χ2v) is 12.8. The number of allylic oxidation sites excluding steroid dienone is 1. The molecule has 0 aromatic heterocycles. The van der Waals surface area contributed by atoms with Gasteiger partial charge in [0.2, 0.25) is 0 Å². The van der Waals surface area contributed by atoms with Crippen LogP contribution in [-0.4, -0.2) is 30.7 Å². The largest absolute Gasteiger partial charge is 0.317 e. The summed E-state index contributed by atoms with van der Waals surface area (Å²) < 4.78 is 0. The van der Waals surface area contributed by atoms with Gasteiger partial charge in [0, 0.05) is 9.52 Å². The number of nitrogens with one attached hydrogen (secondary N) is 1. The Bertz CT molecular complexity index is 198. The van der Waals surface area contributed by atoms with E-state index in [2.05, 4.69) is 45.6 Å². The Morgan fingerprint density at radius 3 is 2.12 bits per heavy atom. The average molecular weight is 272 g/mol. The van der Waals surface area contributed by atoms with Crippen LogP contribution in [0.25, 0.3) is 0 Å². The Morgan fingerprint density at radius 1 is 1.06 bits per heavy atom. The van der Waals surface area contributed by atoms with E-state index in [1.807, 2.05) is 0 Å². The van der Waals surface area contributed by atoms with Crippen molar-refractivity contribution in [2.45, 2.75) is 64.8 Å². The zero-order valence-electron chi connectivity index (χ0n) is 12.7. The Balaban J connectivity index is 3.59. The van der Waals surface area contributed by atoms with E-state index in [9.17, 15) is 0 Å². The van der Waals surface area contributed by atoms with E-state index >= 15 is 0 Å². The summed E-state index contributed by atoms with van der Waals surface area (Å²) in [6.45, 7) is 14.2. The van der Waals surface area contributed by atoms with E-state index in [0.29, 0.717) is 0 Å². The molecule has 0 aliphatic carbocycles. The first-order chi connectivity index (χ1) is 8.10. The summed E-state index contributed by atoms with van der Waals surface area (Å²) in [4.78, 5) is 0. The van der Waals surface area contributed by atoms with E-state index in [0.717, 1.165) is 0 Å². The predicted octanol–water partition coefficient (Wildman–Crippen LogP) is 3.60. The minimum atomic E-state index is -0.867. The van der Waals surface area contributed by atoms with Crippen molar-refractivity contribution in [2.24, 2.45) is 0 Å². The van der Waals surface area contributed by atoms with Gasteiger partial charge in [0.05, 0.1) is 8.07 Å². The monoisotopic (exact) mass is 271 g/mol. The van der Waals surface area contributed by atoms with Gasteiger partial charge in [0.1, 0.15) is 0 Å².